The van der Waals surface area contributed by atoms with E-state index in [1.165, 1.54) is 6.07 Å². The number of hydrogen-bond donors (Lipinski definition) is 2. The van der Waals surface area contributed by atoms with E-state index < -0.39 is 5.82 Å². The first-order chi connectivity index (χ1) is 19.9. The molecule has 3 aromatic carbocycles. The molecule has 0 radical (unpaired) electrons. The van der Waals surface area contributed by atoms with Crippen molar-refractivity contribution in [2.45, 2.75) is 39.8 Å². The second kappa shape index (κ2) is 13.6. The van der Waals surface area contributed by atoms with Crippen LogP contribution < -0.4 is 21.5 Å². The van der Waals surface area contributed by atoms with Gasteiger partial charge in [-0.15, -0.1) is 0 Å². The lowest BCUT2D eigenvalue weighted by atomic mass is 9.95. The molecule has 2 heterocycles. The molecular formula is C34H40FN5O2. The Morgan fingerprint density at radius 2 is 1.79 bits per heavy atom. The molecule has 42 heavy (non-hydrogen) atoms. The van der Waals surface area contributed by atoms with E-state index in [1.807, 2.05) is 54.3 Å². The van der Waals surface area contributed by atoms with Gasteiger partial charge in [-0.05, 0) is 78.9 Å². The fourth-order valence-corrected chi connectivity index (χ4v) is 5.69. The molecule has 5 N–H and O–H groups in total. The summed E-state index contributed by atoms with van der Waals surface area (Å²) in [5.74, 6) is 0.149. The SMILES string of the molecule is CCOc1ncccc1-c1ccc(N2CCN(C(=O)c3cc(CN)c(F)cc3-c3ccccc3)C[C@H]2CC)c(C)c1.N. The molecule has 1 aliphatic rings. The molecule has 1 saturated heterocycles. The molecule has 0 bridgehead atoms. The van der Waals surface area contributed by atoms with Crippen LogP contribution in [0.4, 0.5) is 10.1 Å². The number of benzene rings is 3. The van der Waals surface area contributed by atoms with E-state index in [4.69, 9.17) is 10.5 Å². The largest absolute Gasteiger partial charge is 0.478 e. The van der Waals surface area contributed by atoms with Gasteiger partial charge in [0.1, 0.15) is 5.82 Å². The van der Waals surface area contributed by atoms with Gasteiger partial charge in [0.05, 0.1) is 6.61 Å². The van der Waals surface area contributed by atoms with Crippen molar-refractivity contribution in [3.63, 3.8) is 0 Å². The zero-order chi connectivity index (χ0) is 28.9. The van der Waals surface area contributed by atoms with E-state index in [9.17, 15) is 9.18 Å². The number of hydrogen-bond acceptors (Lipinski definition) is 6. The third-order valence-corrected chi connectivity index (χ3v) is 7.83. The third kappa shape index (κ3) is 6.15. The van der Waals surface area contributed by atoms with Crippen molar-refractivity contribution < 1.29 is 13.9 Å². The Balaban J connectivity index is 0.00000405. The molecule has 1 fully saturated rings. The first-order valence-corrected chi connectivity index (χ1v) is 14.3. The number of pyridine rings is 1. The molecule has 8 heteroatoms. The zero-order valence-electron chi connectivity index (χ0n) is 24.6. The number of nitrogens with zero attached hydrogens (tertiary/aromatic N) is 3. The first-order valence-electron chi connectivity index (χ1n) is 14.3. The summed E-state index contributed by atoms with van der Waals surface area (Å²) in [6.07, 6.45) is 2.62. The average Bonchev–Trinajstić information content (AvgIpc) is 3.01. The smallest absolute Gasteiger partial charge is 0.254 e. The lowest BCUT2D eigenvalue weighted by Gasteiger charge is -2.43. The van der Waals surface area contributed by atoms with E-state index in [2.05, 4.69) is 41.9 Å². The van der Waals surface area contributed by atoms with Crippen LogP contribution in [0.3, 0.4) is 0 Å². The second-order valence-electron chi connectivity index (χ2n) is 10.4. The second-order valence-corrected chi connectivity index (χ2v) is 10.4. The van der Waals surface area contributed by atoms with Gasteiger partial charge < -0.3 is 26.4 Å². The summed E-state index contributed by atoms with van der Waals surface area (Å²) in [6.45, 7) is 8.67. The highest BCUT2D eigenvalue weighted by Crippen LogP contribution is 2.34. The number of piperazine rings is 1. The molecule has 220 valence electrons. The van der Waals surface area contributed by atoms with Crippen molar-refractivity contribution >= 4 is 11.6 Å². The highest BCUT2D eigenvalue weighted by molar-refractivity contribution is 6.01. The molecule has 4 aromatic rings. The predicted molar refractivity (Wildman–Crippen MR) is 168 cm³/mol. The van der Waals surface area contributed by atoms with Gasteiger partial charge in [-0.25, -0.2) is 9.37 Å². The predicted octanol–water partition coefficient (Wildman–Crippen LogP) is 6.62. The maximum atomic E-state index is 14.8. The Hall–Kier alpha value is -4.27. The lowest BCUT2D eigenvalue weighted by Crippen LogP contribution is -2.55. The van der Waals surface area contributed by atoms with Gasteiger partial charge in [0.25, 0.3) is 5.91 Å². The van der Waals surface area contributed by atoms with Crippen LogP contribution in [0.5, 0.6) is 5.88 Å². The van der Waals surface area contributed by atoms with Crippen molar-refractivity contribution in [3.05, 3.63) is 102 Å². The summed E-state index contributed by atoms with van der Waals surface area (Å²) in [4.78, 5) is 22.7. The maximum Gasteiger partial charge on any atom is 0.254 e. The number of nitrogens with two attached hydrogens (primary N) is 1. The molecule has 1 amide bonds. The number of rotatable bonds is 8. The van der Waals surface area contributed by atoms with Gasteiger partial charge in [0, 0.05) is 60.8 Å². The summed E-state index contributed by atoms with van der Waals surface area (Å²) in [5.41, 5.74) is 12.4. The van der Waals surface area contributed by atoms with E-state index in [1.54, 1.807) is 12.3 Å². The molecule has 5 rings (SSSR count). The minimum Gasteiger partial charge on any atom is -0.478 e. The molecular weight excluding hydrogens is 529 g/mol. The zero-order valence-corrected chi connectivity index (χ0v) is 24.6. The van der Waals surface area contributed by atoms with Crippen molar-refractivity contribution in [2.75, 3.05) is 31.1 Å². The molecule has 0 unspecified atom stereocenters. The van der Waals surface area contributed by atoms with Crippen LogP contribution in [0.15, 0.2) is 79.0 Å². The Kier molecular flexibility index (Phi) is 9.93. The van der Waals surface area contributed by atoms with Crippen LogP contribution in [0, 0.1) is 12.7 Å². The maximum absolute atomic E-state index is 14.8. The van der Waals surface area contributed by atoms with Crippen LogP contribution in [-0.2, 0) is 6.54 Å². The number of amides is 1. The Morgan fingerprint density at radius 1 is 1.00 bits per heavy atom. The van der Waals surface area contributed by atoms with Crippen molar-refractivity contribution in [1.82, 2.24) is 16.0 Å². The fourth-order valence-electron chi connectivity index (χ4n) is 5.69. The van der Waals surface area contributed by atoms with Crippen LogP contribution in [0.1, 0.15) is 41.8 Å². The third-order valence-electron chi connectivity index (χ3n) is 7.83. The van der Waals surface area contributed by atoms with E-state index >= 15 is 0 Å². The topological polar surface area (TPSA) is 107 Å². The number of aromatic nitrogens is 1. The van der Waals surface area contributed by atoms with Crippen LogP contribution in [0.25, 0.3) is 22.3 Å². The molecule has 0 spiro atoms. The van der Waals surface area contributed by atoms with Crippen LogP contribution in [-0.4, -0.2) is 48.1 Å². The summed E-state index contributed by atoms with van der Waals surface area (Å²) < 4.78 is 20.5. The van der Waals surface area contributed by atoms with Gasteiger partial charge in [-0.1, -0.05) is 43.3 Å². The Morgan fingerprint density at radius 3 is 2.48 bits per heavy atom. The normalized spacial score (nSPS) is 14.8. The van der Waals surface area contributed by atoms with Gasteiger partial charge in [0.2, 0.25) is 5.88 Å². The molecule has 0 saturated carbocycles. The van der Waals surface area contributed by atoms with Gasteiger partial charge in [-0.3, -0.25) is 4.79 Å². The monoisotopic (exact) mass is 569 g/mol. The van der Waals surface area contributed by atoms with Crippen LogP contribution >= 0.6 is 0 Å². The quantitative estimate of drug-likeness (QED) is 0.247. The Bertz CT molecular complexity index is 1530. The number of carbonyl (C=O) groups excluding carboxylic acids is 1. The molecule has 0 aliphatic carbocycles. The van der Waals surface area contributed by atoms with E-state index in [-0.39, 0.29) is 24.6 Å². The minimum atomic E-state index is -0.391. The average molecular weight is 570 g/mol. The summed E-state index contributed by atoms with van der Waals surface area (Å²) in [6, 6.07) is 23.1. The summed E-state index contributed by atoms with van der Waals surface area (Å²) in [5, 5.41) is 0. The first kappa shape index (κ1) is 30.7. The molecule has 7 nitrogen and oxygen atoms in total. The molecule has 1 atom stereocenters. The van der Waals surface area contributed by atoms with Crippen molar-refractivity contribution in [1.29, 1.82) is 0 Å². The van der Waals surface area contributed by atoms with E-state index in [0.29, 0.717) is 48.8 Å². The number of halogens is 1. The van der Waals surface area contributed by atoms with E-state index in [0.717, 1.165) is 34.4 Å². The van der Waals surface area contributed by atoms with Crippen molar-refractivity contribution in [3.8, 4) is 28.1 Å². The number of anilines is 1. The number of aryl methyl sites for hydroxylation is 1. The van der Waals surface area contributed by atoms with Gasteiger partial charge >= 0.3 is 0 Å². The van der Waals surface area contributed by atoms with Crippen molar-refractivity contribution in [2.24, 2.45) is 5.73 Å². The Labute approximate surface area is 247 Å². The standard InChI is InChI=1S/C34H37FN4O2.H3N/c1-4-27-22-38(34(40)30-19-26(21-36)31(35)20-29(30)24-10-7-6-8-11-24)16-17-39(27)32-14-13-25(18-23(32)3)28-12-9-15-37-33(28)41-5-2;/h6-15,18-20,27H,4-5,16-17,21-22,36H2,1-3H3;1H3/t27-;/m1./s1. The summed E-state index contributed by atoms with van der Waals surface area (Å²) >= 11 is 0. The minimum absolute atomic E-state index is 0. The van der Waals surface area contributed by atoms with Gasteiger partial charge in [-0.2, -0.15) is 0 Å². The van der Waals surface area contributed by atoms with Gasteiger partial charge in [0.15, 0.2) is 0 Å². The fraction of sp³-hybridized carbons (Fsp3) is 0.294. The highest BCUT2D eigenvalue weighted by Gasteiger charge is 2.31. The number of ether oxygens (including phenoxy) is 1. The highest BCUT2D eigenvalue weighted by atomic mass is 19.1. The molecule has 1 aromatic heterocycles. The molecule has 1 aliphatic heterocycles. The van der Waals surface area contributed by atoms with Crippen LogP contribution in [0.2, 0.25) is 0 Å². The lowest BCUT2D eigenvalue weighted by molar-refractivity contribution is 0.0721. The summed E-state index contributed by atoms with van der Waals surface area (Å²) in [7, 11) is 0. The number of carbonyl (C=O) groups is 1.